The SMILES string of the molecule is Cc1ccc(N2CCN3c4ccc(C(F)(F)F)cc4C[C@@H](C(=O)NCCC(C)C)[C@H]3C2)cc1. The van der Waals surface area contributed by atoms with Crippen molar-refractivity contribution in [3.8, 4) is 0 Å². The molecular formula is C26H32F3N3O. The molecule has 1 saturated heterocycles. The predicted molar refractivity (Wildman–Crippen MR) is 126 cm³/mol. The minimum absolute atomic E-state index is 0.0699. The molecule has 2 aromatic carbocycles. The zero-order valence-corrected chi connectivity index (χ0v) is 19.5. The highest BCUT2D eigenvalue weighted by Gasteiger charge is 2.42. The maximum atomic E-state index is 13.4. The Hall–Kier alpha value is -2.70. The lowest BCUT2D eigenvalue weighted by Crippen LogP contribution is -2.61. The number of rotatable bonds is 5. The number of benzene rings is 2. The minimum Gasteiger partial charge on any atom is -0.368 e. The van der Waals surface area contributed by atoms with E-state index in [-0.39, 0.29) is 11.9 Å². The average Bonchev–Trinajstić information content (AvgIpc) is 2.77. The second kappa shape index (κ2) is 9.27. The van der Waals surface area contributed by atoms with Gasteiger partial charge >= 0.3 is 6.18 Å². The molecule has 0 bridgehead atoms. The van der Waals surface area contributed by atoms with Crippen LogP contribution in [-0.2, 0) is 17.4 Å². The normalized spacial score (nSPS) is 20.5. The molecule has 1 amide bonds. The van der Waals surface area contributed by atoms with E-state index in [1.165, 1.54) is 11.6 Å². The molecule has 0 aromatic heterocycles. The molecule has 2 atom stereocenters. The van der Waals surface area contributed by atoms with Crippen LogP contribution in [0, 0.1) is 18.8 Å². The summed E-state index contributed by atoms with van der Waals surface area (Å²) in [6, 6.07) is 12.2. The largest absolute Gasteiger partial charge is 0.416 e. The van der Waals surface area contributed by atoms with Gasteiger partial charge in [-0.25, -0.2) is 0 Å². The molecule has 1 N–H and O–H groups in total. The lowest BCUT2D eigenvalue weighted by molar-refractivity contribution is -0.137. The van der Waals surface area contributed by atoms with Gasteiger partial charge < -0.3 is 15.1 Å². The van der Waals surface area contributed by atoms with Crippen molar-refractivity contribution >= 4 is 17.3 Å². The first-order valence-electron chi connectivity index (χ1n) is 11.7. The van der Waals surface area contributed by atoms with Crippen LogP contribution in [0.3, 0.4) is 0 Å². The van der Waals surface area contributed by atoms with Gasteiger partial charge in [-0.1, -0.05) is 31.5 Å². The molecule has 2 heterocycles. The summed E-state index contributed by atoms with van der Waals surface area (Å²) in [6.45, 7) is 8.90. The van der Waals surface area contributed by atoms with Crippen LogP contribution >= 0.6 is 0 Å². The number of hydrogen-bond acceptors (Lipinski definition) is 3. The first kappa shape index (κ1) is 23.5. The molecule has 4 nitrogen and oxygen atoms in total. The monoisotopic (exact) mass is 459 g/mol. The third kappa shape index (κ3) is 5.12. The first-order valence-corrected chi connectivity index (χ1v) is 11.7. The number of anilines is 2. The Labute approximate surface area is 193 Å². The van der Waals surface area contributed by atoms with Crippen LogP contribution in [0.1, 0.15) is 37.0 Å². The number of nitrogens with zero attached hydrogens (tertiary/aromatic N) is 2. The van der Waals surface area contributed by atoms with E-state index < -0.39 is 17.7 Å². The topological polar surface area (TPSA) is 35.6 Å². The number of amides is 1. The van der Waals surface area contributed by atoms with Crippen LogP contribution in [0.25, 0.3) is 0 Å². The number of hydrogen-bond donors (Lipinski definition) is 1. The molecule has 178 valence electrons. The van der Waals surface area contributed by atoms with Crippen molar-refractivity contribution in [2.45, 2.75) is 45.8 Å². The lowest BCUT2D eigenvalue weighted by atomic mass is 9.82. The summed E-state index contributed by atoms with van der Waals surface area (Å²) in [6.07, 6.45) is -3.21. The molecule has 0 radical (unpaired) electrons. The Kier molecular flexibility index (Phi) is 6.59. The Morgan fingerprint density at radius 2 is 1.85 bits per heavy atom. The van der Waals surface area contributed by atoms with Gasteiger partial charge in [-0.05, 0) is 61.6 Å². The molecule has 4 rings (SSSR count). The zero-order chi connectivity index (χ0) is 23.8. The van der Waals surface area contributed by atoms with E-state index in [4.69, 9.17) is 0 Å². The van der Waals surface area contributed by atoms with E-state index in [2.05, 4.69) is 53.2 Å². The summed E-state index contributed by atoms with van der Waals surface area (Å²) in [4.78, 5) is 17.7. The highest BCUT2D eigenvalue weighted by Crippen LogP contribution is 2.40. The van der Waals surface area contributed by atoms with Crippen LogP contribution in [0.4, 0.5) is 24.5 Å². The average molecular weight is 460 g/mol. The van der Waals surface area contributed by atoms with Gasteiger partial charge in [-0.3, -0.25) is 4.79 Å². The van der Waals surface area contributed by atoms with Gasteiger partial charge in [-0.15, -0.1) is 0 Å². The number of halogens is 3. The molecule has 1 fully saturated rings. The van der Waals surface area contributed by atoms with Crippen LogP contribution in [0.2, 0.25) is 0 Å². The van der Waals surface area contributed by atoms with Gasteiger partial charge in [-0.2, -0.15) is 13.2 Å². The molecule has 0 spiro atoms. The van der Waals surface area contributed by atoms with Crippen LogP contribution in [0.5, 0.6) is 0 Å². The molecule has 2 aliphatic rings. The molecule has 0 unspecified atom stereocenters. The predicted octanol–water partition coefficient (Wildman–Crippen LogP) is 5.04. The molecule has 2 aromatic rings. The van der Waals surface area contributed by atoms with E-state index >= 15 is 0 Å². The van der Waals surface area contributed by atoms with Crippen molar-refractivity contribution in [3.63, 3.8) is 0 Å². The number of piperazine rings is 1. The summed E-state index contributed by atoms with van der Waals surface area (Å²) in [5.74, 6) is -0.00389. The minimum atomic E-state index is -4.40. The number of carbonyl (C=O) groups is 1. The first-order chi connectivity index (χ1) is 15.6. The maximum absolute atomic E-state index is 13.4. The fourth-order valence-corrected chi connectivity index (χ4v) is 4.90. The van der Waals surface area contributed by atoms with Gasteiger partial charge in [0, 0.05) is 37.6 Å². The summed E-state index contributed by atoms with van der Waals surface area (Å²) >= 11 is 0. The quantitative estimate of drug-likeness (QED) is 0.680. The van der Waals surface area contributed by atoms with Crippen molar-refractivity contribution < 1.29 is 18.0 Å². The second-order valence-corrected chi connectivity index (χ2v) is 9.67. The van der Waals surface area contributed by atoms with Crippen molar-refractivity contribution in [3.05, 3.63) is 59.2 Å². The third-order valence-corrected chi connectivity index (χ3v) is 6.80. The van der Waals surface area contributed by atoms with E-state index in [1.54, 1.807) is 6.07 Å². The number of carbonyl (C=O) groups excluding carboxylic acids is 1. The van der Waals surface area contributed by atoms with Gasteiger partial charge in [0.15, 0.2) is 0 Å². The van der Waals surface area contributed by atoms with Crippen molar-refractivity contribution in [1.82, 2.24) is 5.32 Å². The number of fused-ring (bicyclic) bond motifs is 3. The second-order valence-electron chi connectivity index (χ2n) is 9.67. The van der Waals surface area contributed by atoms with Crippen LogP contribution in [-0.4, -0.2) is 38.1 Å². The fraction of sp³-hybridized carbons (Fsp3) is 0.500. The molecule has 0 aliphatic carbocycles. The van der Waals surface area contributed by atoms with Crippen molar-refractivity contribution in [2.24, 2.45) is 11.8 Å². The van der Waals surface area contributed by atoms with E-state index in [0.717, 1.165) is 30.4 Å². The highest BCUT2D eigenvalue weighted by atomic mass is 19.4. The van der Waals surface area contributed by atoms with Crippen LogP contribution in [0.15, 0.2) is 42.5 Å². The van der Waals surface area contributed by atoms with Gasteiger partial charge in [0.05, 0.1) is 17.5 Å². The summed E-state index contributed by atoms with van der Waals surface area (Å²) in [5, 5.41) is 3.05. The molecular weight excluding hydrogens is 427 g/mol. The van der Waals surface area contributed by atoms with E-state index in [1.807, 2.05) is 6.92 Å². The van der Waals surface area contributed by atoms with Crippen LogP contribution < -0.4 is 15.1 Å². The maximum Gasteiger partial charge on any atom is 0.416 e. The third-order valence-electron chi connectivity index (χ3n) is 6.80. The highest BCUT2D eigenvalue weighted by molar-refractivity contribution is 5.82. The smallest absolute Gasteiger partial charge is 0.368 e. The Balaban J connectivity index is 1.63. The Bertz CT molecular complexity index is 987. The molecule has 2 aliphatic heterocycles. The number of nitrogens with one attached hydrogen (secondary N) is 1. The number of aryl methyl sites for hydroxylation is 1. The van der Waals surface area contributed by atoms with Crippen molar-refractivity contribution in [2.75, 3.05) is 36.0 Å². The number of alkyl halides is 3. The van der Waals surface area contributed by atoms with Gasteiger partial charge in [0.25, 0.3) is 0 Å². The van der Waals surface area contributed by atoms with Crippen molar-refractivity contribution in [1.29, 1.82) is 0 Å². The van der Waals surface area contributed by atoms with E-state index in [9.17, 15) is 18.0 Å². The van der Waals surface area contributed by atoms with Gasteiger partial charge in [0.1, 0.15) is 0 Å². The summed E-state index contributed by atoms with van der Waals surface area (Å²) in [7, 11) is 0. The molecule has 0 saturated carbocycles. The lowest BCUT2D eigenvalue weighted by Gasteiger charge is -2.49. The summed E-state index contributed by atoms with van der Waals surface area (Å²) < 4.78 is 40.1. The molecule has 7 heteroatoms. The fourth-order valence-electron chi connectivity index (χ4n) is 4.90. The van der Waals surface area contributed by atoms with E-state index in [0.29, 0.717) is 37.5 Å². The van der Waals surface area contributed by atoms with Gasteiger partial charge in [0.2, 0.25) is 5.91 Å². The molecule has 33 heavy (non-hydrogen) atoms. The Morgan fingerprint density at radius 3 is 2.52 bits per heavy atom. The standard InChI is InChI=1S/C26H32F3N3O/c1-17(2)10-11-30-25(33)22-15-19-14-20(26(27,28)29)6-9-23(19)32-13-12-31(16-24(22)32)21-7-4-18(3)5-8-21/h4-9,14,17,22,24H,10-13,15-16H2,1-3H3,(H,30,33)/t22-,24-/m1/s1. The summed E-state index contributed by atoms with van der Waals surface area (Å²) in [5.41, 5.74) is 3.07. The Morgan fingerprint density at radius 1 is 1.12 bits per heavy atom. The zero-order valence-electron chi connectivity index (χ0n) is 19.5.